The van der Waals surface area contributed by atoms with Crippen molar-refractivity contribution in [3.63, 3.8) is 0 Å². The molecule has 0 unspecified atom stereocenters. The fourth-order valence-corrected chi connectivity index (χ4v) is 5.21. The van der Waals surface area contributed by atoms with E-state index in [0.29, 0.717) is 25.0 Å². The highest BCUT2D eigenvalue weighted by Gasteiger charge is 2.41. The first-order valence-corrected chi connectivity index (χ1v) is 10.8. The Labute approximate surface area is 167 Å². The van der Waals surface area contributed by atoms with Gasteiger partial charge in [0.15, 0.2) is 0 Å². The Balaban J connectivity index is 1.25. The lowest BCUT2D eigenvalue weighted by Gasteiger charge is -2.38. The molecule has 2 aromatic carbocycles. The number of hydrogen-bond acceptors (Lipinski definition) is 4. The van der Waals surface area contributed by atoms with Crippen LogP contribution in [0.1, 0.15) is 17.9 Å². The molecule has 1 N–H and O–H groups in total. The van der Waals surface area contributed by atoms with Gasteiger partial charge >= 0.3 is 6.36 Å². The van der Waals surface area contributed by atoms with Crippen molar-refractivity contribution in [1.29, 1.82) is 0 Å². The summed E-state index contributed by atoms with van der Waals surface area (Å²) in [6.07, 6.45) is -3.72. The van der Waals surface area contributed by atoms with Crippen LogP contribution in [0.25, 0.3) is 0 Å². The van der Waals surface area contributed by atoms with Crippen molar-refractivity contribution in [1.82, 2.24) is 9.62 Å². The lowest BCUT2D eigenvalue weighted by atomic mass is 10.0. The molecular weight excluding hydrogens is 405 g/mol. The van der Waals surface area contributed by atoms with Crippen LogP contribution in [0, 0.1) is 5.92 Å². The van der Waals surface area contributed by atoms with E-state index >= 15 is 0 Å². The summed E-state index contributed by atoms with van der Waals surface area (Å²) < 4.78 is 66.9. The van der Waals surface area contributed by atoms with E-state index in [1.165, 1.54) is 9.87 Å². The molecule has 9 heteroatoms. The number of ether oxygens (including phenoxy) is 1. The Morgan fingerprint density at radius 3 is 2.31 bits per heavy atom. The van der Waals surface area contributed by atoms with Gasteiger partial charge < -0.3 is 10.1 Å². The summed E-state index contributed by atoms with van der Waals surface area (Å²) in [6, 6.07) is 15.0. The molecule has 1 heterocycles. The number of nitrogens with zero attached hydrogens (tertiary/aromatic N) is 1. The Morgan fingerprint density at radius 2 is 1.69 bits per heavy atom. The van der Waals surface area contributed by atoms with Gasteiger partial charge in [0, 0.05) is 31.6 Å². The standard InChI is InChI=1S/C20H21F3N2O3S/c21-20(22,23)28-16-6-8-17(9-7-16)29(26,27)25-12-14(13-25)11-24-19-10-18(19)15-4-2-1-3-5-15/h1-9,14,18-19,24H,10-13H2/t18-,19+/m0/s1. The summed E-state index contributed by atoms with van der Waals surface area (Å²) in [7, 11) is -3.70. The van der Waals surface area contributed by atoms with Crippen molar-refractivity contribution in [2.45, 2.75) is 29.6 Å². The number of rotatable bonds is 7. The SMILES string of the molecule is O=S(=O)(c1ccc(OC(F)(F)F)cc1)N1CC(CN[C@@H]2C[C@H]2c2ccccc2)C1. The fraction of sp³-hybridized carbons (Fsp3) is 0.400. The number of hydrogen-bond donors (Lipinski definition) is 1. The van der Waals surface area contributed by atoms with Crippen molar-refractivity contribution in [2.75, 3.05) is 19.6 Å². The van der Waals surface area contributed by atoms with Gasteiger partial charge in [0.05, 0.1) is 4.90 Å². The molecule has 1 saturated heterocycles. The molecule has 4 rings (SSSR count). The topological polar surface area (TPSA) is 58.6 Å². The summed E-state index contributed by atoms with van der Waals surface area (Å²) in [6.45, 7) is 1.55. The van der Waals surface area contributed by atoms with Crippen LogP contribution in [0.15, 0.2) is 59.5 Å². The maximum absolute atomic E-state index is 12.6. The molecule has 1 saturated carbocycles. The minimum absolute atomic E-state index is 0.0373. The highest BCUT2D eigenvalue weighted by atomic mass is 32.2. The van der Waals surface area contributed by atoms with E-state index in [1.807, 2.05) is 18.2 Å². The molecule has 5 nitrogen and oxygen atoms in total. The lowest BCUT2D eigenvalue weighted by molar-refractivity contribution is -0.274. The predicted octanol–water partition coefficient (Wildman–Crippen LogP) is 3.35. The van der Waals surface area contributed by atoms with E-state index in [-0.39, 0.29) is 10.8 Å². The lowest BCUT2D eigenvalue weighted by Crippen LogP contribution is -2.53. The maximum Gasteiger partial charge on any atom is 0.573 e. The summed E-state index contributed by atoms with van der Waals surface area (Å²) in [4.78, 5) is -0.0373. The largest absolute Gasteiger partial charge is 0.573 e. The van der Waals surface area contributed by atoms with E-state index in [4.69, 9.17) is 0 Å². The highest BCUT2D eigenvalue weighted by Crippen LogP contribution is 2.40. The van der Waals surface area contributed by atoms with Gasteiger partial charge in [-0.15, -0.1) is 13.2 Å². The number of sulfonamides is 1. The van der Waals surface area contributed by atoms with Crippen LogP contribution in [-0.4, -0.2) is 44.8 Å². The van der Waals surface area contributed by atoms with Crippen molar-refractivity contribution < 1.29 is 26.3 Å². The molecule has 0 bridgehead atoms. The van der Waals surface area contributed by atoms with Crippen LogP contribution >= 0.6 is 0 Å². The number of nitrogens with one attached hydrogen (secondary N) is 1. The number of benzene rings is 2. The van der Waals surface area contributed by atoms with Gasteiger partial charge in [-0.25, -0.2) is 8.42 Å². The molecule has 0 amide bonds. The quantitative estimate of drug-likeness (QED) is 0.738. The van der Waals surface area contributed by atoms with Gasteiger partial charge in [-0.05, 0) is 42.2 Å². The van der Waals surface area contributed by atoms with Crippen LogP contribution in [0.2, 0.25) is 0 Å². The molecule has 2 aliphatic rings. The summed E-state index contributed by atoms with van der Waals surface area (Å²) >= 11 is 0. The first kappa shape index (κ1) is 20.2. The first-order valence-electron chi connectivity index (χ1n) is 9.37. The van der Waals surface area contributed by atoms with Crippen LogP contribution < -0.4 is 10.1 Å². The highest BCUT2D eigenvalue weighted by molar-refractivity contribution is 7.89. The third-order valence-corrected chi connectivity index (χ3v) is 7.15. The van der Waals surface area contributed by atoms with E-state index in [0.717, 1.165) is 37.2 Å². The summed E-state index contributed by atoms with van der Waals surface area (Å²) in [5, 5.41) is 3.50. The van der Waals surface area contributed by atoms with E-state index in [2.05, 4.69) is 22.2 Å². The van der Waals surface area contributed by atoms with Gasteiger partial charge in [0.1, 0.15) is 5.75 Å². The molecule has 1 aliphatic carbocycles. The van der Waals surface area contributed by atoms with Crippen LogP contribution in [-0.2, 0) is 10.0 Å². The summed E-state index contributed by atoms with van der Waals surface area (Å²) in [5.41, 5.74) is 1.32. The fourth-order valence-electron chi connectivity index (χ4n) is 3.62. The minimum Gasteiger partial charge on any atom is -0.406 e. The average Bonchev–Trinajstić information content (AvgIpc) is 3.40. The predicted molar refractivity (Wildman–Crippen MR) is 101 cm³/mol. The van der Waals surface area contributed by atoms with Gasteiger partial charge in [0.2, 0.25) is 10.0 Å². The zero-order valence-electron chi connectivity index (χ0n) is 15.5. The van der Waals surface area contributed by atoms with Crippen LogP contribution in [0.4, 0.5) is 13.2 Å². The van der Waals surface area contributed by atoms with E-state index in [1.54, 1.807) is 0 Å². The van der Waals surface area contributed by atoms with Gasteiger partial charge in [-0.2, -0.15) is 4.31 Å². The van der Waals surface area contributed by atoms with E-state index in [9.17, 15) is 21.6 Å². The van der Waals surface area contributed by atoms with Crippen molar-refractivity contribution >= 4 is 10.0 Å². The third kappa shape index (κ3) is 4.73. The van der Waals surface area contributed by atoms with Gasteiger partial charge in [-0.1, -0.05) is 30.3 Å². The smallest absolute Gasteiger partial charge is 0.406 e. The Hall–Kier alpha value is -2.10. The molecule has 0 aromatic heterocycles. The maximum atomic E-state index is 12.6. The van der Waals surface area contributed by atoms with Crippen molar-refractivity contribution in [2.24, 2.45) is 5.92 Å². The third-order valence-electron chi connectivity index (χ3n) is 5.31. The van der Waals surface area contributed by atoms with Crippen molar-refractivity contribution in [3.05, 3.63) is 60.2 Å². The Bertz CT molecular complexity index is 943. The Kier molecular flexibility index (Phi) is 5.30. The minimum atomic E-state index is -4.81. The normalized spacial score (nSPS) is 22.9. The molecular formula is C20H21F3N2O3S. The summed E-state index contributed by atoms with van der Waals surface area (Å²) in [5.74, 6) is 0.308. The molecule has 2 aromatic rings. The second-order valence-electron chi connectivity index (χ2n) is 7.47. The molecule has 2 atom stereocenters. The number of alkyl halides is 3. The zero-order valence-corrected chi connectivity index (χ0v) is 16.3. The molecule has 0 radical (unpaired) electrons. The monoisotopic (exact) mass is 426 g/mol. The molecule has 1 aliphatic heterocycles. The second-order valence-corrected chi connectivity index (χ2v) is 9.41. The van der Waals surface area contributed by atoms with Crippen molar-refractivity contribution in [3.8, 4) is 5.75 Å². The number of halogens is 3. The average molecular weight is 426 g/mol. The second kappa shape index (κ2) is 7.62. The van der Waals surface area contributed by atoms with Gasteiger partial charge in [0.25, 0.3) is 0 Å². The molecule has 29 heavy (non-hydrogen) atoms. The van der Waals surface area contributed by atoms with Gasteiger partial charge in [-0.3, -0.25) is 0 Å². The molecule has 156 valence electrons. The Morgan fingerprint density at radius 1 is 1.03 bits per heavy atom. The van der Waals surface area contributed by atoms with E-state index < -0.39 is 22.1 Å². The van der Waals surface area contributed by atoms with Crippen LogP contribution in [0.5, 0.6) is 5.75 Å². The molecule has 0 spiro atoms. The molecule has 2 fully saturated rings. The first-order chi connectivity index (χ1) is 13.7. The zero-order chi connectivity index (χ0) is 20.6. The van der Waals surface area contributed by atoms with Crippen LogP contribution in [0.3, 0.4) is 0 Å².